The number of imidazole rings is 1. The SMILES string of the molecule is Fc1ccc(CNc2nn3cc(-c4ccc5ccccc5c4)nc3s2)cc1Cl. The van der Waals surface area contributed by atoms with Gasteiger partial charge in [0.2, 0.25) is 10.1 Å². The van der Waals surface area contributed by atoms with E-state index in [4.69, 9.17) is 16.6 Å². The fraction of sp³-hybridized carbons (Fsp3) is 0.0476. The van der Waals surface area contributed by atoms with E-state index in [9.17, 15) is 4.39 Å². The number of nitrogens with one attached hydrogen (secondary N) is 1. The molecule has 1 N–H and O–H groups in total. The van der Waals surface area contributed by atoms with Gasteiger partial charge in [-0.2, -0.15) is 0 Å². The van der Waals surface area contributed by atoms with Crippen molar-refractivity contribution in [3.63, 3.8) is 0 Å². The molecule has 0 bridgehead atoms. The summed E-state index contributed by atoms with van der Waals surface area (Å²) in [6.45, 7) is 0.508. The van der Waals surface area contributed by atoms with Crippen molar-refractivity contribution in [2.45, 2.75) is 6.54 Å². The largest absolute Gasteiger partial charge is 0.356 e. The monoisotopic (exact) mass is 408 g/mol. The smallest absolute Gasteiger partial charge is 0.214 e. The van der Waals surface area contributed by atoms with Gasteiger partial charge < -0.3 is 5.32 Å². The molecule has 0 atom stereocenters. The summed E-state index contributed by atoms with van der Waals surface area (Å²) >= 11 is 7.29. The number of halogens is 2. The lowest BCUT2D eigenvalue weighted by Crippen LogP contribution is -1.99. The molecule has 0 amide bonds. The molecule has 2 heterocycles. The van der Waals surface area contributed by atoms with Crippen molar-refractivity contribution in [3.8, 4) is 11.3 Å². The Balaban J connectivity index is 1.37. The predicted octanol–water partition coefficient (Wildman–Crippen LogP) is 6.02. The van der Waals surface area contributed by atoms with Crippen LogP contribution in [0.15, 0.2) is 66.9 Å². The highest BCUT2D eigenvalue weighted by Crippen LogP contribution is 2.27. The number of aromatic nitrogens is 3. The first kappa shape index (κ1) is 17.2. The minimum atomic E-state index is -0.417. The summed E-state index contributed by atoms with van der Waals surface area (Å²) in [6.07, 6.45) is 1.93. The number of anilines is 1. The standard InChI is InChI=1S/C21H14ClFN4S/c22-17-9-13(5-8-18(17)23)11-24-20-26-27-12-19(25-21(27)28-20)16-7-6-14-3-1-2-4-15(14)10-16/h1-10,12H,11H2,(H,24,26). The number of hydrogen-bond acceptors (Lipinski definition) is 4. The molecule has 138 valence electrons. The molecule has 7 heteroatoms. The lowest BCUT2D eigenvalue weighted by atomic mass is 10.1. The number of nitrogens with zero attached hydrogens (tertiary/aromatic N) is 3. The second-order valence-corrected chi connectivity index (χ2v) is 7.79. The Labute approximate surface area is 169 Å². The van der Waals surface area contributed by atoms with Gasteiger partial charge in [0, 0.05) is 12.1 Å². The third-order valence-electron chi connectivity index (χ3n) is 4.52. The maximum atomic E-state index is 13.2. The zero-order valence-corrected chi connectivity index (χ0v) is 16.1. The van der Waals surface area contributed by atoms with Gasteiger partial charge in [-0.1, -0.05) is 65.4 Å². The van der Waals surface area contributed by atoms with Gasteiger partial charge in [0.25, 0.3) is 0 Å². The lowest BCUT2D eigenvalue weighted by molar-refractivity contribution is 0.627. The summed E-state index contributed by atoms with van der Waals surface area (Å²) in [5.74, 6) is -0.417. The predicted molar refractivity (Wildman–Crippen MR) is 113 cm³/mol. The first-order valence-electron chi connectivity index (χ1n) is 8.69. The van der Waals surface area contributed by atoms with Crippen molar-refractivity contribution in [3.05, 3.63) is 83.3 Å². The van der Waals surface area contributed by atoms with Crippen LogP contribution in [-0.2, 0) is 6.54 Å². The van der Waals surface area contributed by atoms with E-state index in [0.29, 0.717) is 6.54 Å². The Morgan fingerprint density at radius 3 is 2.71 bits per heavy atom. The highest BCUT2D eigenvalue weighted by Gasteiger charge is 2.10. The maximum Gasteiger partial charge on any atom is 0.214 e. The Hall–Kier alpha value is -2.96. The van der Waals surface area contributed by atoms with Crippen molar-refractivity contribution in [1.82, 2.24) is 14.6 Å². The lowest BCUT2D eigenvalue weighted by Gasteiger charge is -2.03. The van der Waals surface area contributed by atoms with Gasteiger partial charge in [-0.3, -0.25) is 0 Å². The molecule has 2 aromatic heterocycles. The molecule has 0 saturated carbocycles. The number of rotatable bonds is 4. The van der Waals surface area contributed by atoms with Crippen molar-refractivity contribution < 1.29 is 4.39 Å². The van der Waals surface area contributed by atoms with Crippen LogP contribution >= 0.6 is 22.9 Å². The van der Waals surface area contributed by atoms with E-state index in [-0.39, 0.29) is 5.02 Å². The molecule has 28 heavy (non-hydrogen) atoms. The molecule has 4 nitrogen and oxygen atoms in total. The zero-order chi connectivity index (χ0) is 19.1. The molecular weight excluding hydrogens is 395 g/mol. The third kappa shape index (κ3) is 3.21. The second kappa shape index (κ2) is 6.89. The molecule has 0 saturated heterocycles. The second-order valence-electron chi connectivity index (χ2n) is 6.42. The van der Waals surface area contributed by atoms with Crippen molar-refractivity contribution in [2.75, 3.05) is 5.32 Å². The van der Waals surface area contributed by atoms with Crippen LogP contribution in [0.25, 0.3) is 27.0 Å². The summed E-state index contributed by atoms with van der Waals surface area (Å²) in [7, 11) is 0. The molecule has 3 aromatic carbocycles. The molecule has 0 radical (unpaired) electrons. The van der Waals surface area contributed by atoms with Gasteiger partial charge in [-0.05, 0) is 34.5 Å². The first-order valence-corrected chi connectivity index (χ1v) is 9.88. The first-order chi connectivity index (χ1) is 13.7. The van der Waals surface area contributed by atoms with Crippen LogP contribution in [0.3, 0.4) is 0 Å². The summed E-state index contributed by atoms with van der Waals surface area (Å²) in [5, 5.41) is 11.0. The molecule has 5 rings (SSSR count). The average molecular weight is 409 g/mol. The molecular formula is C21H14ClFN4S. The van der Waals surface area contributed by atoms with Crippen LogP contribution in [0.1, 0.15) is 5.56 Å². The Morgan fingerprint density at radius 2 is 1.89 bits per heavy atom. The van der Waals surface area contributed by atoms with Crippen molar-refractivity contribution >= 4 is 43.8 Å². The molecule has 0 aliphatic carbocycles. The van der Waals surface area contributed by atoms with Crippen LogP contribution in [-0.4, -0.2) is 14.6 Å². The van der Waals surface area contributed by atoms with Gasteiger partial charge >= 0.3 is 0 Å². The van der Waals surface area contributed by atoms with E-state index in [2.05, 4.69) is 40.7 Å². The van der Waals surface area contributed by atoms with Gasteiger partial charge in [0.15, 0.2) is 0 Å². The van der Waals surface area contributed by atoms with E-state index in [1.54, 1.807) is 16.6 Å². The average Bonchev–Trinajstić information content (AvgIpc) is 3.27. The van der Waals surface area contributed by atoms with E-state index in [0.717, 1.165) is 26.9 Å². The third-order valence-corrected chi connectivity index (χ3v) is 5.69. The number of hydrogen-bond donors (Lipinski definition) is 1. The van der Waals surface area contributed by atoms with E-state index in [1.165, 1.54) is 28.2 Å². The number of fused-ring (bicyclic) bond motifs is 2. The normalized spacial score (nSPS) is 11.4. The van der Waals surface area contributed by atoms with Crippen molar-refractivity contribution in [2.24, 2.45) is 0 Å². The van der Waals surface area contributed by atoms with E-state index < -0.39 is 5.82 Å². The van der Waals surface area contributed by atoms with Crippen LogP contribution in [0.5, 0.6) is 0 Å². The summed E-state index contributed by atoms with van der Waals surface area (Å²) in [5.41, 5.74) is 2.84. The molecule has 5 aromatic rings. The topological polar surface area (TPSA) is 42.2 Å². The molecule has 0 fully saturated rings. The Bertz CT molecular complexity index is 1280. The molecule has 0 unspecified atom stereocenters. The maximum absolute atomic E-state index is 13.2. The minimum Gasteiger partial charge on any atom is -0.356 e. The molecule has 0 spiro atoms. The zero-order valence-electron chi connectivity index (χ0n) is 14.6. The highest BCUT2D eigenvalue weighted by molar-refractivity contribution is 7.20. The van der Waals surface area contributed by atoms with Crippen LogP contribution < -0.4 is 5.32 Å². The van der Waals surface area contributed by atoms with E-state index >= 15 is 0 Å². The quantitative estimate of drug-likeness (QED) is 0.395. The number of benzene rings is 3. The minimum absolute atomic E-state index is 0.119. The fourth-order valence-electron chi connectivity index (χ4n) is 3.09. The summed E-state index contributed by atoms with van der Waals surface area (Å²) < 4.78 is 15.0. The van der Waals surface area contributed by atoms with Gasteiger partial charge in [0.05, 0.1) is 16.9 Å². The van der Waals surface area contributed by atoms with Crippen LogP contribution in [0.4, 0.5) is 9.52 Å². The van der Waals surface area contributed by atoms with Gasteiger partial charge in [0.1, 0.15) is 5.82 Å². The summed E-state index contributed by atoms with van der Waals surface area (Å²) in [4.78, 5) is 5.51. The fourth-order valence-corrected chi connectivity index (χ4v) is 4.07. The van der Waals surface area contributed by atoms with Crippen LogP contribution in [0.2, 0.25) is 5.02 Å². The molecule has 0 aliphatic rings. The summed E-state index contributed by atoms with van der Waals surface area (Å²) in [6, 6.07) is 19.3. The van der Waals surface area contributed by atoms with Crippen molar-refractivity contribution in [1.29, 1.82) is 0 Å². The highest BCUT2D eigenvalue weighted by atomic mass is 35.5. The van der Waals surface area contributed by atoms with Gasteiger partial charge in [-0.15, -0.1) is 5.10 Å². The Kier molecular flexibility index (Phi) is 4.22. The Morgan fingerprint density at radius 1 is 1.04 bits per heavy atom. The van der Waals surface area contributed by atoms with Crippen LogP contribution in [0, 0.1) is 5.82 Å². The van der Waals surface area contributed by atoms with E-state index in [1.807, 2.05) is 18.3 Å². The molecule has 0 aliphatic heterocycles. The van der Waals surface area contributed by atoms with Gasteiger partial charge in [-0.25, -0.2) is 13.9 Å².